The summed E-state index contributed by atoms with van der Waals surface area (Å²) >= 11 is 1.84. The highest BCUT2D eigenvalue weighted by atomic mass is 32.2. The van der Waals surface area contributed by atoms with Gasteiger partial charge in [-0.1, -0.05) is 12.8 Å². The molecule has 1 nitrogen and oxygen atoms in total. The van der Waals surface area contributed by atoms with Crippen LogP contribution in [0.1, 0.15) is 31.2 Å². The number of thioether (sulfide) groups is 1. The molecule has 0 aromatic heterocycles. The number of rotatable bonds is 3. The van der Waals surface area contributed by atoms with Gasteiger partial charge < -0.3 is 5.32 Å². The van der Waals surface area contributed by atoms with Gasteiger partial charge in [-0.2, -0.15) is 24.9 Å². The van der Waals surface area contributed by atoms with Crippen molar-refractivity contribution in [3.8, 4) is 0 Å². The fourth-order valence-corrected chi connectivity index (χ4v) is 3.45. The molecule has 19 heavy (non-hydrogen) atoms. The molecule has 2 unspecified atom stereocenters. The first-order valence-corrected chi connectivity index (χ1v) is 7.76. The summed E-state index contributed by atoms with van der Waals surface area (Å²) in [6.45, 7) is 0. The topological polar surface area (TPSA) is 12.0 Å². The van der Waals surface area contributed by atoms with Crippen LogP contribution in [0.25, 0.3) is 0 Å². The van der Waals surface area contributed by atoms with Crippen LogP contribution in [0.2, 0.25) is 0 Å². The van der Waals surface area contributed by atoms with Gasteiger partial charge in [0, 0.05) is 17.0 Å². The van der Waals surface area contributed by atoms with Gasteiger partial charge >= 0.3 is 6.18 Å². The third-order valence-corrected chi connectivity index (χ3v) is 4.74. The van der Waals surface area contributed by atoms with Crippen molar-refractivity contribution in [3.05, 3.63) is 29.8 Å². The van der Waals surface area contributed by atoms with Crippen LogP contribution < -0.4 is 5.32 Å². The number of nitrogens with one attached hydrogen (secondary N) is 1. The molecule has 2 atom stereocenters. The first-order valence-electron chi connectivity index (χ1n) is 6.47. The molecule has 0 saturated heterocycles. The average molecular weight is 289 g/mol. The van der Waals surface area contributed by atoms with Crippen molar-refractivity contribution in [1.29, 1.82) is 0 Å². The van der Waals surface area contributed by atoms with Gasteiger partial charge in [0.1, 0.15) is 0 Å². The maximum absolute atomic E-state index is 12.5. The van der Waals surface area contributed by atoms with Crippen LogP contribution in [-0.4, -0.2) is 17.5 Å². The molecule has 0 aliphatic heterocycles. The molecule has 1 N–H and O–H groups in total. The van der Waals surface area contributed by atoms with Crippen LogP contribution in [-0.2, 0) is 6.18 Å². The summed E-state index contributed by atoms with van der Waals surface area (Å²) in [6, 6.07) is 5.68. The summed E-state index contributed by atoms with van der Waals surface area (Å²) < 4.78 is 37.4. The van der Waals surface area contributed by atoms with Gasteiger partial charge in [-0.25, -0.2) is 0 Å². The van der Waals surface area contributed by atoms with Crippen molar-refractivity contribution in [1.82, 2.24) is 0 Å². The number of benzene rings is 1. The average Bonchev–Trinajstić information content (AvgIpc) is 2.39. The van der Waals surface area contributed by atoms with Crippen LogP contribution >= 0.6 is 11.8 Å². The Balaban J connectivity index is 2.02. The molecular formula is C14H18F3NS. The van der Waals surface area contributed by atoms with E-state index in [9.17, 15) is 13.2 Å². The van der Waals surface area contributed by atoms with E-state index in [1.807, 2.05) is 11.8 Å². The van der Waals surface area contributed by atoms with E-state index in [1.165, 1.54) is 31.4 Å². The predicted octanol–water partition coefficient (Wildman–Crippen LogP) is 4.79. The molecule has 1 aliphatic carbocycles. The number of halogens is 3. The van der Waals surface area contributed by atoms with E-state index >= 15 is 0 Å². The Hall–Kier alpha value is -0.840. The zero-order valence-electron chi connectivity index (χ0n) is 10.8. The molecule has 0 heterocycles. The zero-order chi connectivity index (χ0) is 13.9. The highest BCUT2D eigenvalue weighted by Crippen LogP contribution is 2.32. The lowest BCUT2D eigenvalue weighted by atomic mass is 9.94. The Morgan fingerprint density at radius 1 is 1.11 bits per heavy atom. The van der Waals surface area contributed by atoms with Gasteiger partial charge in [0.25, 0.3) is 0 Å². The van der Waals surface area contributed by atoms with E-state index in [0.717, 1.165) is 24.2 Å². The Labute approximate surface area is 116 Å². The number of hydrogen-bond acceptors (Lipinski definition) is 2. The smallest absolute Gasteiger partial charge is 0.381 e. The fraction of sp³-hybridized carbons (Fsp3) is 0.571. The van der Waals surface area contributed by atoms with Crippen LogP contribution in [0, 0.1) is 0 Å². The molecule has 2 rings (SSSR count). The molecule has 0 spiro atoms. The number of hydrogen-bond donors (Lipinski definition) is 1. The monoisotopic (exact) mass is 289 g/mol. The minimum atomic E-state index is -4.26. The van der Waals surface area contributed by atoms with Crippen molar-refractivity contribution in [2.75, 3.05) is 11.6 Å². The molecule has 1 aromatic carbocycles. The van der Waals surface area contributed by atoms with Gasteiger partial charge in [-0.3, -0.25) is 0 Å². The summed E-state index contributed by atoms with van der Waals surface area (Å²) in [5, 5.41) is 3.92. The maximum Gasteiger partial charge on any atom is 0.416 e. The molecule has 1 aromatic rings. The van der Waals surface area contributed by atoms with Gasteiger partial charge in [-0.15, -0.1) is 0 Å². The van der Waals surface area contributed by atoms with Gasteiger partial charge in [0.15, 0.2) is 0 Å². The molecule has 5 heteroatoms. The Morgan fingerprint density at radius 2 is 1.74 bits per heavy atom. The molecule has 1 fully saturated rings. The van der Waals surface area contributed by atoms with Crippen LogP contribution in [0.5, 0.6) is 0 Å². The lowest BCUT2D eigenvalue weighted by molar-refractivity contribution is -0.137. The van der Waals surface area contributed by atoms with E-state index in [2.05, 4.69) is 11.6 Å². The minimum absolute atomic E-state index is 0.362. The summed E-state index contributed by atoms with van der Waals surface area (Å²) in [6.07, 6.45) is 2.54. The predicted molar refractivity (Wildman–Crippen MR) is 74.6 cm³/mol. The van der Waals surface area contributed by atoms with Crippen LogP contribution in [0.3, 0.4) is 0 Å². The summed E-state index contributed by atoms with van der Waals surface area (Å²) in [7, 11) is 0. The third kappa shape index (κ3) is 3.81. The highest BCUT2D eigenvalue weighted by Gasteiger charge is 2.30. The first kappa shape index (κ1) is 14.6. The molecule has 1 saturated carbocycles. The molecule has 1 aliphatic rings. The fourth-order valence-electron chi connectivity index (χ4n) is 2.51. The molecule has 0 bridgehead atoms. The van der Waals surface area contributed by atoms with E-state index < -0.39 is 11.7 Å². The standard InChI is InChI=1S/C14H18F3NS/c1-19-13-5-3-2-4-12(13)18-11-8-6-10(7-9-11)14(15,16)17/h6-9,12-13,18H,2-5H2,1H3. The summed E-state index contributed by atoms with van der Waals surface area (Å²) in [5.41, 5.74) is 0.182. The van der Waals surface area contributed by atoms with Gasteiger partial charge in [-0.05, 0) is 43.4 Å². The lowest BCUT2D eigenvalue weighted by Crippen LogP contribution is -2.34. The van der Waals surface area contributed by atoms with E-state index in [1.54, 1.807) is 0 Å². The lowest BCUT2D eigenvalue weighted by Gasteiger charge is -2.31. The third-order valence-electron chi connectivity index (χ3n) is 3.57. The second-order valence-electron chi connectivity index (χ2n) is 4.88. The van der Waals surface area contributed by atoms with Crippen LogP contribution in [0.4, 0.5) is 18.9 Å². The molecule has 0 radical (unpaired) electrons. The van der Waals surface area contributed by atoms with Crippen molar-refractivity contribution < 1.29 is 13.2 Å². The summed E-state index contributed by atoms with van der Waals surface area (Å²) in [4.78, 5) is 0. The zero-order valence-corrected chi connectivity index (χ0v) is 11.7. The van der Waals surface area contributed by atoms with Crippen molar-refractivity contribution >= 4 is 17.4 Å². The SMILES string of the molecule is CSC1CCCCC1Nc1ccc(C(F)(F)F)cc1. The highest BCUT2D eigenvalue weighted by molar-refractivity contribution is 7.99. The minimum Gasteiger partial charge on any atom is -0.381 e. The van der Waals surface area contributed by atoms with Crippen LogP contribution in [0.15, 0.2) is 24.3 Å². The summed E-state index contributed by atoms with van der Waals surface area (Å²) in [5.74, 6) is 0. The second-order valence-corrected chi connectivity index (χ2v) is 5.96. The Bertz CT molecular complexity index is 402. The molecule has 106 valence electrons. The Morgan fingerprint density at radius 3 is 2.32 bits per heavy atom. The number of alkyl halides is 3. The largest absolute Gasteiger partial charge is 0.416 e. The maximum atomic E-state index is 12.5. The first-order chi connectivity index (χ1) is 9.00. The van der Waals surface area contributed by atoms with Gasteiger partial charge in [0.05, 0.1) is 5.56 Å². The van der Waals surface area contributed by atoms with Gasteiger partial charge in [0.2, 0.25) is 0 Å². The van der Waals surface area contributed by atoms with E-state index in [-0.39, 0.29) is 0 Å². The normalized spacial score (nSPS) is 24.2. The van der Waals surface area contributed by atoms with Crippen molar-refractivity contribution in [2.45, 2.75) is 43.2 Å². The Kier molecular flexibility index (Phi) is 4.66. The molecule has 0 amide bonds. The van der Waals surface area contributed by atoms with Crippen molar-refractivity contribution in [3.63, 3.8) is 0 Å². The molecular weight excluding hydrogens is 271 g/mol. The number of anilines is 1. The van der Waals surface area contributed by atoms with E-state index in [0.29, 0.717) is 11.3 Å². The van der Waals surface area contributed by atoms with E-state index in [4.69, 9.17) is 0 Å². The second kappa shape index (κ2) is 6.07. The van der Waals surface area contributed by atoms with Crippen molar-refractivity contribution in [2.24, 2.45) is 0 Å². The quantitative estimate of drug-likeness (QED) is 0.858.